The van der Waals surface area contributed by atoms with E-state index in [0.29, 0.717) is 5.82 Å². The molecule has 0 aliphatic heterocycles. The Hall–Kier alpha value is -3.35. The Bertz CT molecular complexity index is 955. The average Bonchev–Trinajstić information content (AvgIpc) is 2.61. The molecule has 0 saturated carbocycles. The number of hydrogen-bond donors (Lipinski definition) is 2. The van der Waals surface area contributed by atoms with Crippen LogP contribution in [-0.2, 0) is 0 Å². The van der Waals surface area contributed by atoms with Gasteiger partial charge >= 0.3 is 0 Å². The van der Waals surface area contributed by atoms with Crippen molar-refractivity contribution in [1.82, 2.24) is 9.97 Å². The number of anilines is 3. The van der Waals surface area contributed by atoms with E-state index in [4.69, 9.17) is 0 Å². The van der Waals surface area contributed by atoms with Gasteiger partial charge in [0.15, 0.2) is 0 Å². The molecule has 26 heavy (non-hydrogen) atoms. The molecule has 0 atom stereocenters. The second-order valence-corrected chi connectivity index (χ2v) is 5.76. The van der Waals surface area contributed by atoms with Crippen molar-refractivity contribution in [2.75, 3.05) is 10.6 Å². The molecule has 132 valence electrons. The molecular weight excluding hydrogens is 338 g/mol. The van der Waals surface area contributed by atoms with E-state index in [9.17, 15) is 13.6 Å². The van der Waals surface area contributed by atoms with Crippen molar-refractivity contribution in [3.63, 3.8) is 0 Å². The highest BCUT2D eigenvalue weighted by Crippen LogP contribution is 2.20. The van der Waals surface area contributed by atoms with Gasteiger partial charge in [-0.05, 0) is 49.2 Å². The Labute approximate surface area is 149 Å². The summed E-state index contributed by atoms with van der Waals surface area (Å²) in [5, 5.41) is 5.27. The summed E-state index contributed by atoms with van der Waals surface area (Å²) < 4.78 is 27.3. The molecule has 0 spiro atoms. The average molecular weight is 354 g/mol. The van der Waals surface area contributed by atoms with Crippen LogP contribution in [0.5, 0.6) is 0 Å². The lowest BCUT2D eigenvalue weighted by Gasteiger charge is -2.10. The molecule has 0 aliphatic carbocycles. The number of benzene rings is 2. The Kier molecular flexibility index (Phi) is 4.88. The molecular formula is C19H16F2N4O. The molecule has 3 rings (SSSR count). The Morgan fingerprint density at radius 2 is 1.69 bits per heavy atom. The fourth-order valence-corrected chi connectivity index (χ4v) is 2.31. The minimum Gasteiger partial charge on any atom is -0.340 e. The number of nitrogens with one attached hydrogen (secondary N) is 2. The molecule has 0 saturated heterocycles. The fourth-order valence-electron chi connectivity index (χ4n) is 2.31. The minimum atomic E-state index is -0.860. The van der Waals surface area contributed by atoms with Gasteiger partial charge in [0.05, 0.1) is 0 Å². The Morgan fingerprint density at radius 1 is 0.962 bits per heavy atom. The topological polar surface area (TPSA) is 66.9 Å². The molecule has 0 fully saturated rings. The molecule has 5 nitrogen and oxygen atoms in total. The van der Waals surface area contributed by atoms with Crippen LogP contribution in [0, 0.1) is 25.5 Å². The third kappa shape index (κ3) is 3.83. The summed E-state index contributed by atoms with van der Waals surface area (Å²) in [7, 11) is 0. The van der Waals surface area contributed by atoms with Crippen LogP contribution in [0.15, 0.2) is 48.8 Å². The summed E-state index contributed by atoms with van der Waals surface area (Å²) in [4.78, 5) is 20.2. The number of nitrogens with zero attached hydrogens (tertiary/aromatic N) is 2. The maximum absolute atomic E-state index is 13.7. The van der Waals surface area contributed by atoms with Crippen LogP contribution in [0.4, 0.5) is 26.0 Å². The highest BCUT2D eigenvalue weighted by Gasteiger charge is 2.15. The molecule has 0 radical (unpaired) electrons. The summed E-state index contributed by atoms with van der Waals surface area (Å²) in [6.45, 7) is 4.00. The van der Waals surface area contributed by atoms with Gasteiger partial charge in [-0.1, -0.05) is 12.1 Å². The van der Waals surface area contributed by atoms with Crippen LogP contribution in [0.2, 0.25) is 0 Å². The second kappa shape index (κ2) is 7.26. The first kappa shape index (κ1) is 17.5. The highest BCUT2D eigenvalue weighted by atomic mass is 19.1. The third-order valence-corrected chi connectivity index (χ3v) is 3.88. The van der Waals surface area contributed by atoms with Crippen molar-refractivity contribution in [3.8, 4) is 0 Å². The first-order chi connectivity index (χ1) is 12.4. The predicted octanol–water partition coefficient (Wildman–Crippen LogP) is 4.37. The van der Waals surface area contributed by atoms with E-state index in [1.807, 2.05) is 32.0 Å². The smallest absolute Gasteiger partial charge is 0.274 e. The van der Waals surface area contributed by atoms with E-state index in [2.05, 4.69) is 20.6 Å². The zero-order valence-corrected chi connectivity index (χ0v) is 14.2. The highest BCUT2D eigenvalue weighted by molar-refractivity contribution is 6.03. The van der Waals surface area contributed by atoms with Gasteiger partial charge in [0.2, 0.25) is 0 Å². The van der Waals surface area contributed by atoms with Crippen molar-refractivity contribution >= 4 is 23.1 Å². The fraction of sp³-hybridized carbons (Fsp3) is 0.105. The number of aromatic nitrogens is 2. The normalized spacial score (nSPS) is 10.5. The number of para-hydroxylation sites is 1. The number of carbonyl (C=O) groups excluding carboxylic acids is 1. The standard InChI is InChI=1S/C19H16F2N4O/c1-11-6-7-13(8-12(11)2)24-17-9-16(22-10-23-17)19(26)25-18-14(20)4-3-5-15(18)21/h3-10H,1-2H3,(H,25,26)(H,22,23,24). The minimum absolute atomic E-state index is 0.0195. The van der Waals surface area contributed by atoms with E-state index < -0.39 is 23.2 Å². The van der Waals surface area contributed by atoms with E-state index in [1.54, 1.807) is 0 Å². The summed E-state index contributed by atoms with van der Waals surface area (Å²) in [5.74, 6) is -2.07. The van der Waals surface area contributed by atoms with Crippen molar-refractivity contribution in [1.29, 1.82) is 0 Å². The van der Waals surface area contributed by atoms with Gasteiger partial charge < -0.3 is 10.6 Å². The maximum atomic E-state index is 13.7. The first-order valence-corrected chi connectivity index (χ1v) is 7.86. The van der Waals surface area contributed by atoms with Gasteiger partial charge in [0, 0.05) is 11.8 Å². The lowest BCUT2D eigenvalue weighted by molar-refractivity contribution is 0.102. The molecule has 7 heteroatoms. The molecule has 0 bridgehead atoms. The molecule has 2 N–H and O–H groups in total. The maximum Gasteiger partial charge on any atom is 0.274 e. The number of carbonyl (C=O) groups is 1. The summed E-state index contributed by atoms with van der Waals surface area (Å²) in [6, 6.07) is 10.6. The van der Waals surface area contributed by atoms with Gasteiger partial charge in [-0.25, -0.2) is 18.7 Å². The Morgan fingerprint density at radius 3 is 2.38 bits per heavy atom. The number of rotatable bonds is 4. The molecule has 1 aromatic heterocycles. The van der Waals surface area contributed by atoms with E-state index in [0.717, 1.165) is 28.9 Å². The molecule has 3 aromatic rings. The van der Waals surface area contributed by atoms with Gasteiger partial charge in [-0.15, -0.1) is 0 Å². The van der Waals surface area contributed by atoms with Crippen molar-refractivity contribution in [2.24, 2.45) is 0 Å². The SMILES string of the molecule is Cc1ccc(Nc2cc(C(=O)Nc3c(F)cccc3F)ncn2)cc1C. The molecule has 2 aromatic carbocycles. The van der Waals surface area contributed by atoms with Crippen LogP contribution >= 0.6 is 0 Å². The van der Waals surface area contributed by atoms with Crippen molar-refractivity contribution in [2.45, 2.75) is 13.8 Å². The van der Waals surface area contributed by atoms with Crippen molar-refractivity contribution < 1.29 is 13.6 Å². The number of aryl methyl sites for hydroxylation is 2. The van der Waals surface area contributed by atoms with Gasteiger partial charge in [0.25, 0.3) is 5.91 Å². The third-order valence-electron chi connectivity index (χ3n) is 3.88. The van der Waals surface area contributed by atoms with Crippen molar-refractivity contribution in [3.05, 3.63) is 77.2 Å². The van der Waals surface area contributed by atoms with E-state index >= 15 is 0 Å². The summed E-state index contributed by atoms with van der Waals surface area (Å²) in [6.07, 6.45) is 1.20. The summed E-state index contributed by atoms with van der Waals surface area (Å²) in [5.41, 5.74) is 2.54. The lowest BCUT2D eigenvalue weighted by atomic mass is 10.1. The number of hydrogen-bond acceptors (Lipinski definition) is 4. The lowest BCUT2D eigenvalue weighted by Crippen LogP contribution is -2.16. The zero-order valence-electron chi connectivity index (χ0n) is 14.2. The quantitative estimate of drug-likeness (QED) is 0.730. The van der Waals surface area contributed by atoms with E-state index in [-0.39, 0.29) is 5.69 Å². The molecule has 1 amide bonds. The molecule has 1 heterocycles. The molecule has 0 aliphatic rings. The summed E-state index contributed by atoms with van der Waals surface area (Å²) >= 11 is 0. The van der Waals surface area contributed by atoms with Gasteiger partial charge in [0.1, 0.15) is 35.2 Å². The van der Waals surface area contributed by atoms with Crippen LogP contribution in [0.3, 0.4) is 0 Å². The van der Waals surface area contributed by atoms with Gasteiger partial charge in [-0.3, -0.25) is 4.79 Å². The largest absolute Gasteiger partial charge is 0.340 e. The number of halogens is 2. The van der Waals surface area contributed by atoms with Crippen LogP contribution in [0.1, 0.15) is 21.6 Å². The van der Waals surface area contributed by atoms with E-state index in [1.165, 1.54) is 18.5 Å². The van der Waals surface area contributed by atoms with Gasteiger partial charge in [-0.2, -0.15) is 0 Å². The monoisotopic (exact) mass is 354 g/mol. The second-order valence-electron chi connectivity index (χ2n) is 5.76. The Balaban J connectivity index is 1.80. The van der Waals surface area contributed by atoms with Crippen LogP contribution < -0.4 is 10.6 Å². The predicted molar refractivity (Wildman–Crippen MR) is 95.5 cm³/mol. The zero-order chi connectivity index (χ0) is 18.7. The number of amides is 1. The van der Waals surface area contributed by atoms with Crippen LogP contribution in [0.25, 0.3) is 0 Å². The molecule has 0 unspecified atom stereocenters. The first-order valence-electron chi connectivity index (χ1n) is 7.86. The van der Waals surface area contributed by atoms with Crippen LogP contribution in [-0.4, -0.2) is 15.9 Å².